The van der Waals surface area contributed by atoms with Gasteiger partial charge in [0.2, 0.25) is 10.0 Å². The molecule has 2 rings (SSSR count). The lowest BCUT2D eigenvalue weighted by Crippen LogP contribution is -2.33. The Balaban J connectivity index is 1.96. The van der Waals surface area contributed by atoms with E-state index in [9.17, 15) is 8.42 Å². The number of nitrogen functional groups attached to an aromatic ring is 1. The van der Waals surface area contributed by atoms with Gasteiger partial charge in [0.25, 0.3) is 0 Å². The van der Waals surface area contributed by atoms with Crippen molar-refractivity contribution >= 4 is 39.4 Å². The average Bonchev–Trinajstić information content (AvgIpc) is 2.46. The number of anilines is 1. The standard InChI is InChI=1S/C10H16N4O2S3/c11-14-10-2-1-9(6-12-10)19(15,16)13-5-8-7-17-3-4-18-8/h1-2,6,8,13H,3-5,7,11H2,(H,12,14). The summed E-state index contributed by atoms with van der Waals surface area (Å²) in [5.41, 5.74) is 2.36. The smallest absolute Gasteiger partial charge is 0.242 e. The van der Waals surface area contributed by atoms with E-state index in [1.54, 1.807) is 0 Å². The number of thioether (sulfide) groups is 2. The number of nitrogens with zero attached hydrogens (tertiary/aromatic N) is 1. The number of rotatable bonds is 5. The lowest BCUT2D eigenvalue weighted by atomic mass is 10.5. The molecular weight excluding hydrogens is 304 g/mol. The number of aromatic nitrogens is 1. The summed E-state index contributed by atoms with van der Waals surface area (Å²) in [6.45, 7) is 0.455. The van der Waals surface area contributed by atoms with Crippen LogP contribution in [-0.4, -0.2) is 42.5 Å². The van der Waals surface area contributed by atoms with Crippen molar-refractivity contribution in [2.24, 2.45) is 5.84 Å². The van der Waals surface area contributed by atoms with Crippen molar-refractivity contribution in [3.05, 3.63) is 18.3 Å². The van der Waals surface area contributed by atoms with Gasteiger partial charge in [0.05, 0.1) is 0 Å². The Morgan fingerprint density at radius 3 is 2.84 bits per heavy atom. The molecule has 0 amide bonds. The summed E-state index contributed by atoms with van der Waals surface area (Å²) in [6, 6.07) is 3.01. The average molecular weight is 320 g/mol. The molecule has 106 valence electrons. The topological polar surface area (TPSA) is 97.1 Å². The van der Waals surface area contributed by atoms with E-state index in [-0.39, 0.29) is 4.90 Å². The minimum absolute atomic E-state index is 0.153. The van der Waals surface area contributed by atoms with Gasteiger partial charge in [0.15, 0.2) is 0 Å². The lowest BCUT2D eigenvalue weighted by molar-refractivity contribution is 0.581. The fraction of sp³-hybridized carbons (Fsp3) is 0.500. The van der Waals surface area contributed by atoms with E-state index in [1.165, 1.54) is 18.3 Å². The molecule has 2 heterocycles. The number of nitrogens with one attached hydrogen (secondary N) is 2. The first kappa shape index (κ1) is 14.9. The van der Waals surface area contributed by atoms with Gasteiger partial charge >= 0.3 is 0 Å². The largest absolute Gasteiger partial charge is 0.308 e. The molecule has 19 heavy (non-hydrogen) atoms. The van der Waals surface area contributed by atoms with Crippen LogP contribution < -0.4 is 16.0 Å². The molecule has 0 saturated carbocycles. The first-order chi connectivity index (χ1) is 9.12. The second-order valence-electron chi connectivity index (χ2n) is 3.94. The summed E-state index contributed by atoms with van der Waals surface area (Å²) < 4.78 is 26.7. The summed E-state index contributed by atoms with van der Waals surface area (Å²) in [6.07, 6.45) is 1.29. The van der Waals surface area contributed by atoms with Gasteiger partial charge in [-0.3, -0.25) is 0 Å². The van der Waals surface area contributed by atoms with Crippen molar-refractivity contribution in [1.29, 1.82) is 0 Å². The highest BCUT2D eigenvalue weighted by Crippen LogP contribution is 2.23. The van der Waals surface area contributed by atoms with Crippen molar-refractivity contribution in [2.45, 2.75) is 10.1 Å². The van der Waals surface area contributed by atoms with E-state index >= 15 is 0 Å². The number of hydrogen-bond donors (Lipinski definition) is 3. The molecule has 1 aromatic heterocycles. The fourth-order valence-electron chi connectivity index (χ4n) is 1.57. The van der Waals surface area contributed by atoms with E-state index in [0.29, 0.717) is 17.6 Å². The Hall–Kier alpha value is -0.480. The van der Waals surface area contributed by atoms with Crippen LogP contribution in [0.15, 0.2) is 23.2 Å². The normalized spacial score (nSPS) is 20.2. The molecule has 0 spiro atoms. The van der Waals surface area contributed by atoms with Crippen LogP contribution in [0.3, 0.4) is 0 Å². The Kier molecular flexibility index (Phi) is 5.34. The molecule has 1 aliphatic heterocycles. The third-order valence-corrected chi connectivity index (χ3v) is 6.83. The molecular formula is C10H16N4O2S3. The van der Waals surface area contributed by atoms with Gasteiger partial charge < -0.3 is 5.43 Å². The number of sulfonamides is 1. The van der Waals surface area contributed by atoms with E-state index < -0.39 is 10.0 Å². The van der Waals surface area contributed by atoms with Crippen molar-refractivity contribution in [2.75, 3.05) is 29.2 Å². The zero-order valence-electron chi connectivity index (χ0n) is 10.2. The van der Waals surface area contributed by atoms with Crippen molar-refractivity contribution in [1.82, 2.24) is 9.71 Å². The van der Waals surface area contributed by atoms with Crippen molar-refractivity contribution in [3.8, 4) is 0 Å². The Labute approximate surface area is 121 Å². The summed E-state index contributed by atoms with van der Waals surface area (Å²) in [7, 11) is -3.49. The summed E-state index contributed by atoms with van der Waals surface area (Å²) in [4.78, 5) is 4.05. The summed E-state index contributed by atoms with van der Waals surface area (Å²) >= 11 is 3.68. The predicted molar refractivity (Wildman–Crippen MR) is 80.8 cm³/mol. The Morgan fingerprint density at radius 1 is 1.42 bits per heavy atom. The van der Waals surface area contributed by atoms with Gasteiger partial charge in [-0.15, -0.1) is 0 Å². The third kappa shape index (κ3) is 4.25. The molecule has 6 nitrogen and oxygen atoms in total. The van der Waals surface area contributed by atoms with E-state index in [2.05, 4.69) is 15.1 Å². The van der Waals surface area contributed by atoms with E-state index in [1.807, 2.05) is 23.5 Å². The second-order valence-corrected chi connectivity index (χ2v) is 8.27. The molecule has 1 saturated heterocycles. The van der Waals surface area contributed by atoms with Gasteiger partial charge in [-0.2, -0.15) is 23.5 Å². The quantitative estimate of drug-likeness (QED) is 0.537. The lowest BCUT2D eigenvalue weighted by Gasteiger charge is -2.21. The Morgan fingerprint density at radius 2 is 2.26 bits per heavy atom. The molecule has 9 heteroatoms. The third-order valence-electron chi connectivity index (χ3n) is 2.58. The molecule has 1 aliphatic rings. The highest BCUT2D eigenvalue weighted by molar-refractivity contribution is 8.06. The number of hydrazine groups is 1. The first-order valence-corrected chi connectivity index (χ1v) is 9.42. The molecule has 1 atom stereocenters. The highest BCUT2D eigenvalue weighted by atomic mass is 32.2. The zero-order chi connectivity index (χ0) is 13.7. The van der Waals surface area contributed by atoms with Crippen LogP contribution in [0.5, 0.6) is 0 Å². The molecule has 0 aromatic carbocycles. The van der Waals surface area contributed by atoms with Crippen LogP contribution >= 0.6 is 23.5 Å². The monoisotopic (exact) mass is 320 g/mol. The van der Waals surface area contributed by atoms with Crippen LogP contribution in [0, 0.1) is 0 Å². The first-order valence-electron chi connectivity index (χ1n) is 5.73. The predicted octanol–water partition coefficient (Wildman–Crippen LogP) is 0.494. The second kappa shape index (κ2) is 6.80. The van der Waals surface area contributed by atoms with Crippen molar-refractivity contribution < 1.29 is 8.42 Å². The van der Waals surface area contributed by atoms with Gasteiger partial charge in [0, 0.05) is 35.3 Å². The maximum Gasteiger partial charge on any atom is 0.242 e. The maximum atomic E-state index is 12.1. The molecule has 1 unspecified atom stereocenters. The number of nitrogens with two attached hydrogens (primary N) is 1. The fourth-order valence-corrected chi connectivity index (χ4v) is 5.31. The van der Waals surface area contributed by atoms with Gasteiger partial charge in [-0.1, -0.05) is 0 Å². The summed E-state index contributed by atoms with van der Waals surface area (Å²) in [5, 5.41) is 0.339. The molecule has 0 bridgehead atoms. The van der Waals surface area contributed by atoms with Crippen LogP contribution in [0.2, 0.25) is 0 Å². The van der Waals surface area contributed by atoms with Crippen LogP contribution in [-0.2, 0) is 10.0 Å². The van der Waals surface area contributed by atoms with E-state index in [4.69, 9.17) is 5.84 Å². The highest BCUT2D eigenvalue weighted by Gasteiger charge is 2.19. The number of pyridine rings is 1. The number of hydrogen-bond acceptors (Lipinski definition) is 7. The van der Waals surface area contributed by atoms with Crippen molar-refractivity contribution in [3.63, 3.8) is 0 Å². The van der Waals surface area contributed by atoms with E-state index in [0.717, 1.165) is 17.3 Å². The van der Waals surface area contributed by atoms with Crippen LogP contribution in [0.1, 0.15) is 0 Å². The molecule has 0 radical (unpaired) electrons. The van der Waals surface area contributed by atoms with Crippen LogP contribution in [0.4, 0.5) is 5.82 Å². The Bertz CT molecular complexity index is 500. The van der Waals surface area contributed by atoms with Crippen LogP contribution in [0.25, 0.3) is 0 Å². The molecule has 1 fully saturated rings. The van der Waals surface area contributed by atoms with Gasteiger partial charge in [-0.05, 0) is 12.1 Å². The van der Waals surface area contributed by atoms with Gasteiger partial charge in [-0.25, -0.2) is 24.0 Å². The SMILES string of the molecule is NNc1ccc(S(=O)(=O)NCC2CSCCS2)cn1. The molecule has 4 N–H and O–H groups in total. The molecule has 0 aliphatic carbocycles. The zero-order valence-corrected chi connectivity index (χ0v) is 12.7. The maximum absolute atomic E-state index is 12.1. The molecule has 1 aromatic rings. The minimum atomic E-state index is -3.49. The minimum Gasteiger partial charge on any atom is -0.308 e. The summed E-state index contributed by atoms with van der Waals surface area (Å²) in [5.74, 6) is 8.82. The van der Waals surface area contributed by atoms with Gasteiger partial charge in [0.1, 0.15) is 10.7 Å².